The lowest BCUT2D eigenvalue weighted by molar-refractivity contribution is 0.588. The molecule has 2 aromatic rings. The van der Waals surface area contributed by atoms with Crippen LogP contribution < -0.4 is 9.44 Å². The summed E-state index contributed by atoms with van der Waals surface area (Å²) in [5.41, 5.74) is 1.59. The number of rotatable bonds is 9. The molecule has 0 spiro atoms. The molecule has 0 aromatic heterocycles. The molecule has 0 bridgehead atoms. The summed E-state index contributed by atoms with van der Waals surface area (Å²) in [4.78, 5) is -0.213. The zero-order chi connectivity index (χ0) is 19.2. The predicted molar refractivity (Wildman–Crippen MR) is 103 cm³/mol. The Hall–Kier alpha value is -1.90. The van der Waals surface area contributed by atoms with Gasteiger partial charge in [0.15, 0.2) is 0 Å². The molecule has 0 unspecified atom stereocenters. The van der Waals surface area contributed by atoms with E-state index in [9.17, 15) is 16.8 Å². The Morgan fingerprint density at radius 3 is 2.04 bits per heavy atom. The van der Waals surface area contributed by atoms with Crippen LogP contribution in [0, 0.1) is 0 Å². The molecule has 0 atom stereocenters. The van der Waals surface area contributed by atoms with Crippen molar-refractivity contribution in [3.8, 4) is 0 Å². The van der Waals surface area contributed by atoms with Gasteiger partial charge in [-0.1, -0.05) is 38.0 Å². The highest BCUT2D eigenvalue weighted by atomic mass is 32.2. The van der Waals surface area contributed by atoms with E-state index in [0.717, 1.165) is 30.9 Å². The van der Waals surface area contributed by atoms with E-state index >= 15 is 0 Å². The topological polar surface area (TPSA) is 92.3 Å². The summed E-state index contributed by atoms with van der Waals surface area (Å²) < 4.78 is 53.4. The third-order valence-corrected chi connectivity index (χ3v) is 6.76. The van der Waals surface area contributed by atoms with E-state index in [1.807, 2.05) is 12.1 Å². The number of nitrogens with one attached hydrogen (secondary N) is 2. The second-order valence-corrected chi connectivity index (χ2v) is 9.51. The second-order valence-electron chi connectivity index (χ2n) is 5.94. The lowest BCUT2D eigenvalue weighted by Crippen LogP contribution is -2.19. The maximum atomic E-state index is 12.5. The van der Waals surface area contributed by atoms with Crippen molar-refractivity contribution >= 4 is 25.7 Å². The molecule has 0 radical (unpaired) electrons. The van der Waals surface area contributed by atoms with Crippen LogP contribution in [0.5, 0.6) is 0 Å². The summed E-state index contributed by atoms with van der Waals surface area (Å²) in [6.07, 6.45) is 4.39. The second kappa shape index (κ2) is 8.66. The summed E-state index contributed by atoms with van der Waals surface area (Å²) in [7, 11) is -6.32. The Bertz CT molecular complexity index is 937. The molecule has 0 heterocycles. The van der Waals surface area contributed by atoms with Gasteiger partial charge in [-0.25, -0.2) is 21.6 Å². The first-order valence-electron chi connectivity index (χ1n) is 8.44. The molecule has 0 aliphatic heterocycles. The first kappa shape index (κ1) is 20.4. The van der Waals surface area contributed by atoms with Crippen LogP contribution in [0.25, 0.3) is 0 Å². The number of unbranched alkanes of at least 4 members (excludes halogenated alkanes) is 2. The third kappa shape index (κ3) is 5.30. The van der Waals surface area contributed by atoms with Crippen molar-refractivity contribution in [3.05, 3.63) is 54.1 Å². The minimum atomic E-state index is -3.88. The Kier molecular flexibility index (Phi) is 6.80. The minimum absolute atomic E-state index is 0.103. The van der Waals surface area contributed by atoms with Crippen molar-refractivity contribution in [2.75, 3.05) is 11.8 Å². The average Bonchev–Trinajstić information content (AvgIpc) is 2.63. The summed E-state index contributed by atoms with van der Waals surface area (Å²) in [5, 5.41) is 0. The number of anilines is 1. The zero-order valence-electron chi connectivity index (χ0n) is 14.9. The van der Waals surface area contributed by atoms with Crippen LogP contribution in [0.15, 0.2) is 58.3 Å². The smallest absolute Gasteiger partial charge is 0.261 e. The van der Waals surface area contributed by atoms with Crippen LogP contribution >= 0.6 is 0 Å². The summed E-state index contributed by atoms with van der Waals surface area (Å²) in [5.74, 6) is 0. The number of hydrogen-bond donors (Lipinski definition) is 2. The van der Waals surface area contributed by atoms with Crippen LogP contribution in [0.1, 0.15) is 31.7 Å². The van der Waals surface area contributed by atoms with E-state index in [4.69, 9.17) is 0 Å². The molecule has 8 heteroatoms. The molecule has 2 rings (SSSR count). The Balaban J connectivity index is 2.17. The highest BCUT2D eigenvalue weighted by Gasteiger charge is 2.18. The van der Waals surface area contributed by atoms with Gasteiger partial charge in [0.25, 0.3) is 10.0 Å². The quantitative estimate of drug-likeness (QED) is 0.637. The van der Waals surface area contributed by atoms with E-state index in [1.54, 1.807) is 12.1 Å². The van der Waals surface area contributed by atoms with Crippen molar-refractivity contribution in [1.29, 1.82) is 0 Å². The fourth-order valence-electron chi connectivity index (χ4n) is 2.46. The van der Waals surface area contributed by atoms with Crippen LogP contribution in [0.3, 0.4) is 0 Å². The number of benzene rings is 2. The first-order chi connectivity index (χ1) is 12.3. The number of hydrogen-bond acceptors (Lipinski definition) is 4. The predicted octanol–water partition coefficient (Wildman–Crippen LogP) is 3.13. The van der Waals surface area contributed by atoms with Gasteiger partial charge in [-0.15, -0.1) is 0 Å². The fraction of sp³-hybridized carbons (Fsp3) is 0.333. The molecular weight excluding hydrogens is 372 g/mol. The molecule has 2 aromatic carbocycles. The summed E-state index contributed by atoms with van der Waals surface area (Å²) >= 11 is 0. The number of sulfonamides is 2. The largest absolute Gasteiger partial charge is 0.280 e. The Morgan fingerprint density at radius 2 is 1.46 bits per heavy atom. The van der Waals surface area contributed by atoms with Crippen molar-refractivity contribution < 1.29 is 16.8 Å². The van der Waals surface area contributed by atoms with E-state index < -0.39 is 20.0 Å². The third-order valence-electron chi connectivity index (χ3n) is 3.97. The molecule has 0 fully saturated rings. The average molecular weight is 397 g/mol. The van der Waals surface area contributed by atoms with Crippen LogP contribution in [0.4, 0.5) is 5.69 Å². The van der Waals surface area contributed by atoms with Gasteiger partial charge in [-0.3, -0.25) is 4.72 Å². The van der Waals surface area contributed by atoms with Crippen LogP contribution in [-0.4, -0.2) is 23.9 Å². The van der Waals surface area contributed by atoms with Gasteiger partial charge < -0.3 is 0 Å². The molecule has 6 nitrogen and oxygen atoms in total. The van der Waals surface area contributed by atoms with E-state index in [-0.39, 0.29) is 9.79 Å². The van der Waals surface area contributed by atoms with Crippen LogP contribution in [0.2, 0.25) is 0 Å². The van der Waals surface area contributed by atoms with Gasteiger partial charge in [0.1, 0.15) is 0 Å². The van der Waals surface area contributed by atoms with Crippen LogP contribution in [-0.2, 0) is 26.5 Å². The monoisotopic (exact) mass is 396 g/mol. The fourth-order valence-corrected chi connectivity index (χ4v) is 4.41. The van der Waals surface area contributed by atoms with Crippen molar-refractivity contribution in [2.45, 2.75) is 42.4 Å². The molecule has 142 valence electrons. The lowest BCUT2D eigenvalue weighted by Gasteiger charge is -2.10. The van der Waals surface area contributed by atoms with E-state index in [2.05, 4.69) is 16.4 Å². The highest BCUT2D eigenvalue weighted by Crippen LogP contribution is 2.20. The highest BCUT2D eigenvalue weighted by molar-refractivity contribution is 7.93. The maximum Gasteiger partial charge on any atom is 0.261 e. The lowest BCUT2D eigenvalue weighted by atomic mass is 10.1. The standard InChI is InChI=1S/C18H24N2O4S2/c1-3-4-5-7-15-10-12-16(13-11-15)20-26(23,24)18-9-6-8-17(14-18)25(21,22)19-2/h6,8-14,19-20H,3-5,7H2,1-2H3. The molecule has 0 saturated heterocycles. The maximum absolute atomic E-state index is 12.5. The van der Waals surface area contributed by atoms with E-state index in [1.165, 1.54) is 31.7 Å². The van der Waals surface area contributed by atoms with Gasteiger partial charge in [0.05, 0.1) is 9.79 Å². The molecule has 0 amide bonds. The van der Waals surface area contributed by atoms with Gasteiger partial charge in [0, 0.05) is 5.69 Å². The number of aryl methyl sites for hydroxylation is 1. The van der Waals surface area contributed by atoms with E-state index in [0.29, 0.717) is 5.69 Å². The van der Waals surface area contributed by atoms with Crippen molar-refractivity contribution in [3.63, 3.8) is 0 Å². The normalized spacial score (nSPS) is 12.1. The molecule has 26 heavy (non-hydrogen) atoms. The van der Waals surface area contributed by atoms with Gasteiger partial charge in [0.2, 0.25) is 10.0 Å². The van der Waals surface area contributed by atoms with Crippen molar-refractivity contribution in [2.24, 2.45) is 0 Å². The van der Waals surface area contributed by atoms with Gasteiger partial charge in [-0.05, 0) is 55.8 Å². The molecule has 2 N–H and O–H groups in total. The van der Waals surface area contributed by atoms with Crippen molar-refractivity contribution in [1.82, 2.24) is 4.72 Å². The minimum Gasteiger partial charge on any atom is -0.280 e. The molecule has 0 saturated carbocycles. The van der Waals surface area contributed by atoms with Gasteiger partial charge >= 0.3 is 0 Å². The molecular formula is C18H24N2O4S2. The Labute approximate surface area is 155 Å². The van der Waals surface area contributed by atoms with Gasteiger partial charge in [-0.2, -0.15) is 0 Å². The zero-order valence-corrected chi connectivity index (χ0v) is 16.5. The molecule has 0 aliphatic carbocycles. The Morgan fingerprint density at radius 1 is 0.846 bits per heavy atom. The first-order valence-corrected chi connectivity index (χ1v) is 11.4. The SMILES string of the molecule is CCCCCc1ccc(NS(=O)(=O)c2cccc(S(=O)(=O)NC)c2)cc1. The molecule has 0 aliphatic rings. The summed E-state index contributed by atoms with van der Waals surface area (Å²) in [6.45, 7) is 2.15. The summed E-state index contributed by atoms with van der Waals surface area (Å²) in [6, 6.07) is 12.5.